The summed E-state index contributed by atoms with van der Waals surface area (Å²) < 4.78 is 29.0. The summed E-state index contributed by atoms with van der Waals surface area (Å²) in [5.74, 6) is -3.75. The Kier molecular flexibility index (Phi) is 5.18. The van der Waals surface area contributed by atoms with E-state index in [-0.39, 0.29) is 18.9 Å². The average molecular weight is 375 g/mol. The number of carbonyl (C=O) groups excluding carboxylic acids is 2. The molecule has 0 bridgehead atoms. The normalized spacial score (nSPS) is 24.7. The van der Waals surface area contributed by atoms with Gasteiger partial charge in [0.1, 0.15) is 0 Å². The Morgan fingerprint density at radius 1 is 1.26 bits per heavy atom. The Bertz CT molecular complexity index is 772. The predicted octanol–water partition coefficient (Wildman–Crippen LogP) is 2.60. The maximum Gasteiger partial charge on any atom is 0.266 e. The summed E-state index contributed by atoms with van der Waals surface area (Å²) in [7, 11) is 0. The van der Waals surface area contributed by atoms with Crippen LogP contribution in [-0.4, -0.2) is 53.7 Å². The SMILES string of the molecule is CCN1CCC[C@@]2(CN(C(=O)Cc3ccc(C#N)cc3)CC(F)(F)C2)C1=O. The lowest BCUT2D eigenvalue weighted by atomic mass is 9.71. The molecule has 1 spiro atoms. The molecule has 7 heteroatoms. The Hall–Kier alpha value is -2.49. The monoisotopic (exact) mass is 375 g/mol. The molecule has 1 aromatic carbocycles. The van der Waals surface area contributed by atoms with Crippen LogP contribution in [0.25, 0.3) is 0 Å². The van der Waals surface area contributed by atoms with Gasteiger partial charge in [0, 0.05) is 26.1 Å². The maximum atomic E-state index is 14.5. The molecule has 0 aliphatic carbocycles. The van der Waals surface area contributed by atoms with Gasteiger partial charge in [0.2, 0.25) is 11.8 Å². The van der Waals surface area contributed by atoms with Gasteiger partial charge >= 0.3 is 0 Å². The van der Waals surface area contributed by atoms with Crippen LogP contribution >= 0.6 is 0 Å². The third-order valence-corrected chi connectivity index (χ3v) is 5.51. The molecule has 2 aliphatic heterocycles. The fourth-order valence-corrected chi connectivity index (χ4v) is 4.23. The van der Waals surface area contributed by atoms with Gasteiger partial charge in [0.25, 0.3) is 5.92 Å². The summed E-state index contributed by atoms with van der Waals surface area (Å²) in [4.78, 5) is 28.3. The molecule has 2 saturated heterocycles. The smallest absolute Gasteiger partial charge is 0.266 e. The molecule has 2 heterocycles. The van der Waals surface area contributed by atoms with Crippen LogP contribution < -0.4 is 0 Å². The van der Waals surface area contributed by atoms with Crippen LogP contribution in [-0.2, 0) is 16.0 Å². The van der Waals surface area contributed by atoms with Crippen LogP contribution in [0, 0.1) is 16.7 Å². The van der Waals surface area contributed by atoms with Gasteiger partial charge in [-0.05, 0) is 37.5 Å². The number of carbonyl (C=O) groups is 2. The van der Waals surface area contributed by atoms with Gasteiger partial charge < -0.3 is 9.80 Å². The molecule has 5 nitrogen and oxygen atoms in total. The molecule has 0 N–H and O–H groups in total. The number of hydrogen-bond donors (Lipinski definition) is 0. The third kappa shape index (κ3) is 3.95. The summed E-state index contributed by atoms with van der Waals surface area (Å²) in [6, 6.07) is 8.49. The second kappa shape index (κ2) is 7.26. The predicted molar refractivity (Wildman–Crippen MR) is 94.9 cm³/mol. The summed E-state index contributed by atoms with van der Waals surface area (Å²) in [6.45, 7) is 2.31. The zero-order valence-electron chi connectivity index (χ0n) is 15.4. The lowest BCUT2D eigenvalue weighted by Crippen LogP contribution is -2.62. The highest BCUT2D eigenvalue weighted by atomic mass is 19.3. The quantitative estimate of drug-likeness (QED) is 0.816. The van der Waals surface area contributed by atoms with Crippen LogP contribution in [0.4, 0.5) is 8.78 Å². The number of piperidine rings is 2. The molecule has 27 heavy (non-hydrogen) atoms. The third-order valence-electron chi connectivity index (χ3n) is 5.51. The lowest BCUT2D eigenvalue weighted by Gasteiger charge is -2.49. The number of hydrogen-bond acceptors (Lipinski definition) is 3. The molecule has 1 atom stereocenters. The minimum Gasteiger partial charge on any atom is -0.342 e. The Labute approximate surface area is 157 Å². The summed E-state index contributed by atoms with van der Waals surface area (Å²) in [5, 5.41) is 8.83. The van der Waals surface area contributed by atoms with Gasteiger partial charge in [0.15, 0.2) is 0 Å². The van der Waals surface area contributed by atoms with Crippen molar-refractivity contribution in [3.8, 4) is 6.07 Å². The number of likely N-dealkylation sites (tertiary alicyclic amines) is 2. The molecule has 2 aliphatic rings. The van der Waals surface area contributed by atoms with Crippen LogP contribution in [0.2, 0.25) is 0 Å². The van der Waals surface area contributed by atoms with Crippen molar-refractivity contribution in [3.63, 3.8) is 0 Å². The standard InChI is InChI=1S/C20H23F2N3O2/c1-2-24-9-3-8-19(18(24)27)12-20(21,22)14-25(13-19)17(26)10-15-4-6-16(11-23)7-5-15/h4-7H,2-3,8-10,12-14H2,1H3/t19-/m1/s1. The number of halogens is 2. The second-order valence-electron chi connectivity index (χ2n) is 7.54. The van der Waals surface area contributed by atoms with Crippen molar-refractivity contribution in [1.82, 2.24) is 9.80 Å². The van der Waals surface area contributed by atoms with Crippen molar-refractivity contribution in [1.29, 1.82) is 5.26 Å². The van der Waals surface area contributed by atoms with Crippen molar-refractivity contribution >= 4 is 11.8 Å². The number of nitrogens with zero attached hydrogens (tertiary/aromatic N) is 3. The number of nitriles is 1. The van der Waals surface area contributed by atoms with Crippen LogP contribution in [0.3, 0.4) is 0 Å². The first-order chi connectivity index (χ1) is 12.8. The molecule has 144 valence electrons. The first kappa shape index (κ1) is 19.3. The van der Waals surface area contributed by atoms with Gasteiger partial charge in [-0.1, -0.05) is 12.1 Å². The summed E-state index contributed by atoms with van der Waals surface area (Å²) in [5.41, 5.74) is -0.0507. The van der Waals surface area contributed by atoms with Gasteiger partial charge in [-0.3, -0.25) is 9.59 Å². The van der Waals surface area contributed by atoms with Crippen LogP contribution in [0.1, 0.15) is 37.3 Å². The van der Waals surface area contributed by atoms with Crippen molar-refractivity contribution < 1.29 is 18.4 Å². The van der Waals surface area contributed by atoms with Gasteiger partial charge in [-0.25, -0.2) is 8.78 Å². The molecule has 2 fully saturated rings. The molecular weight excluding hydrogens is 352 g/mol. The van der Waals surface area contributed by atoms with Gasteiger partial charge in [-0.2, -0.15) is 5.26 Å². The first-order valence-corrected chi connectivity index (χ1v) is 9.23. The van der Waals surface area contributed by atoms with E-state index in [9.17, 15) is 18.4 Å². The molecule has 1 aromatic rings. The Morgan fingerprint density at radius 2 is 1.96 bits per heavy atom. The minimum atomic E-state index is -3.08. The van der Waals surface area contributed by atoms with E-state index < -0.39 is 30.2 Å². The van der Waals surface area contributed by atoms with Gasteiger partial charge in [0.05, 0.1) is 30.0 Å². The number of rotatable bonds is 3. The average Bonchev–Trinajstić information content (AvgIpc) is 2.63. The molecule has 0 aromatic heterocycles. The van der Waals surface area contributed by atoms with Crippen LogP contribution in [0.5, 0.6) is 0 Å². The lowest BCUT2D eigenvalue weighted by molar-refractivity contribution is -0.174. The highest BCUT2D eigenvalue weighted by Gasteiger charge is 2.55. The highest BCUT2D eigenvalue weighted by Crippen LogP contribution is 2.45. The fraction of sp³-hybridized carbons (Fsp3) is 0.550. The number of alkyl halides is 2. The van der Waals surface area contributed by atoms with E-state index in [1.165, 1.54) is 0 Å². The minimum absolute atomic E-state index is 0.0243. The first-order valence-electron chi connectivity index (χ1n) is 9.23. The fourth-order valence-electron chi connectivity index (χ4n) is 4.23. The van der Waals surface area contributed by atoms with Crippen LogP contribution in [0.15, 0.2) is 24.3 Å². The van der Waals surface area contributed by atoms with Crippen molar-refractivity contribution in [3.05, 3.63) is 35.4 Å². The zero-order valence-corrected chi connectivity index (χ0v) is 15.4. The molecule has 0 saturated carbocycles. The summed E-state index contributed by atoms with van der Waals surface area (Å²) >= 11 is 0. The zero-order chi connectivity index (χ0) is 19.7. The van der Waals surface area contributed by atoms with E-state index in [1.54, 1.807) is 29.2 Å². The highest BCUT2D eigenvalue weighted by molar-refractivity contribution is 5.86. The van der Waals surface area contributed by atoms with Crippen molar-refractivity contribution in [2.75, 3.05) is 26.2 Å². The van der Waals surface area contributed by atoms with Crippen molar-refractivity contribution in [2.24, 2.45) is 5.41 Å². The topological polar surface area (TPSA) is 64.4 Å². The molecule has 2 amide bonds. The Balaban J connectivity index is 1.79. The van der Waals surface area contributed by atoms with E-state index in [4.69, 9.17) is 5.26 Å². The molecule has 0 unspecified atom stereocenters. The Morgan fingerprint density at radius 3 is 2.59 bits per heavy atom. The largest absolute Gasteiger partial charge is 0.342 e. The van der Waals surface area contributed by atoms with E-state index in [2.05, 4.69) is 0 Å². The second-order valence-corrected chi connectivity index (χ2v) is 7.54. The maximum absolute atomic E-state index is 14.5. The van der Waals surface area contributed by atoms with E-state index >= 15 is 0 Å². The summed E-state index contributed by atoms with van der Waals surface area (Å²) in [6.07, 6.45) is 0.547. The molecule has 0 radical (unpaired) electrons. The number of benzene rings is 1. The van der Waals surface area contributed by atoms with Crippen molar-refractivity contribution in [2.45, 2.75) is 38.5 Å². The number of amides is 2. The molecule has 3 rings (SSSR count). The molecular formula is C20H23F2N3O2. The van der Waals surface area contributed by atoms with E-state index in [0.29, 0.717) is 37.1 Å². The van der Waals surface area contributed by atoms with E-state index in [0.717, 1.165) is 4.90 Å². The van der Waals surface area contributed by atoms with Gasteiger partial charge in [-0.15, -0.1) is 0 Å². The van der Waals surface area contributed by atoms with E-state index in [1.807, 2.05) is 13.0 Å².